The van der Waals surface area contributed by atoms with Gasteiger partial charge in [-0.3, -0.25) is 4.98 Å². The van der Waals surface area contributed by atoms with E-state index in [1.54, 1.807) is 13.1 Å². The summed E-state index contributed by atoms with van der Waals surface area (Å²) in [5.41, 5.74) is 1.30. The van der Waals surface area contributed by atoms with Crippen LogP contribution in [0.15, 0.2) is 61.0 Å². The van der Waals surface area contributed by atoms with Crippen molar-refractivity contribution in [1.82, 2.24) is 4.98 Å². The highest BCUT2D eigenvalue weighted by atomic mass is 16.3. The van der Waals surface area contributed by atoms with Gasteiger partial charge in [-0.2, -0.15) is 0 Å². The highest BCUT2D eigenvalue weighted by Crippen LogP contribution is 2.03. The van der Waals surface area contributed by atoms with Gasteiger partial charge in [0.05, 0.1) is 6.10 Å². The van der Waals surface area contributed by atoms with Crippen molar-refractivity contribution in [2.75, 3.05) is 0 Å². The third kappa shape index (κ3) is 8.97. The number of pyridine rings is 1. The summed E-state index contributed by atoms with van der Waals surface area (Å²) < 4.78 is 0. The number of hydrogen-bond donors (Lipinski definition) is 1. The van der Waals surface area contributed by atoms with Crippen LogP contribution < -0.4 is 0 Å². The van der Waals surface area contributed by atoms with Crippen molar-refractivity contribution in [3.05, 3.63) is 66.5 Å². The molecule has 1 rings (SSSR count). The molecule has 1 N–H and O–H groups in total. The molecule has 2 heteroatoms. The number of nitrogens with zero attached hydrogens (tertiary/aromatic N) is 1. The van der Waals surface area contributed by atoms with Gasteiger partial charge in [0.25, 0.3) is 0 Å². The van der Waals surface area contributed by atoms with Gasteiger partial charge in [-0.05, 0) is 44.2 Å². The van der Waals surface area contributed by atoms with Gasteiger partial charge in [0.15, 0.2) is 0 Å². The molecule has 1 aromatic rings. The molecule has 0 unspecified atom stereocenters. The lowest BCUT2D eigenvalue weighted by atomic mass is 10.1. The molecule has 1 aromatic heterocycles. The normalized spacial score (nSPS) is 13.8. The van der Waals surface area contributed by atoms with Crippen LogP contribution in [0.2, 0.25) is 0 Å². The Morgan fingerprint density at radius 2 is 2.00 bits per heavy atom. The Morgan fingerprint density at radius 1 is 1.21 bits per heavy atom. The molecule has 102 valence electrons. The number of unbranched alkanes of at least 4 members (excludes halogenated alkanes) is 1. The molecular weight excluding hydrogens is 234 g/mol. The van der Waals surface area contributed by atoms with Crippen molar-refractivity contribution in [2.24, 2.45) is 0 Å². The van der Waals surface area contributed by atoms with E-state index in [9.17, 15) is 0 Å². The summed E-state index contributed by atoms with van der Waals surface area (Å²) in [6, 6.07) is 4.09. The predicted molar refractivity (Wildman–Crippen MR) is 80.9 cm³/mol. The second kappa shape index (κ2) is 10.3. The Kier molecular flexibility index (Phi) is 8.32. The molecule has 0 saturated carbocycles. The van der Waals surface area contributed by atoms with Crippen molar-refractivity contribution < 1.29 is 5.11 Å². The zero-order valence-corrected chi connectivity index (χ0v) is 11.6. The quantitative estimate of drug-likeness (QED) is 0.567. The van der Waals surface area contributed by atoms with Crippen molar-refractivity contribution in [3.8, 4) is 0 Å². The number of aliphatic hydroxyl groups excluding tert-OH is 1. The Morgan fingerprint density at radius 3 is 2.68 bits per heavy atom. The third-order valence-corrected chi connectivity index (χ3v) is 2.64. The first-order valence-corrected chi connectivity index (χ1v) is 6.84. The largest absolute Gasteiger partial charge is 0.393 e. The molecular formula is C17H23NO. The zero-order valence-electron chi connectivity index (χ0n) is 11.6. The van der Waals surface area contributed by atoms with Crippen LogP contribution in [0.25, 0.3) is 0 Å². The molecule has 0 saturated heterocycles. The maximum absolute atomic E-state index is 9.05. The summed E-state index contributed by atoms with van der Waals surface area (Å²) in [5.74, 6) is 0. The van der Waals surface area contributed by atoms with Crippen LogP contribution in [-0.4, -0.2) is 16.2 Å². The molecule has 1 atom stereocenters. The molecule has 1 heterocycles. The average Bonchev–Trinajstić information content (AvgIpc) is 2.42. The Bertz CT molecular complexity index is 405. The molecule has 19 heavy (non-hydrogen) atoms. The van der Waals surface area contributed by atoms with Crippen LogP contribution in [0.4, 0.5) is 0 Å². The predicted octanol–water partition coefficient (Wildman–Crippen LogP) is 3.84. The number of allylic oxidation sites excluding steroid dienone is 5. The van der Waals surface area contributed by atoms with E-state index >= 15 is 0 Å². The van der Waals surface area contributed by atoms with Crippen LogP contribution in [0.5, 0.6) is 0 Å². The van der Waals surface area contributed by atoms with Gasteiger partial charge in [0, 0.05) is 12.4 Å². The van der Waals surface area contributed by atoms with Crippen LogP contribution in [-0.2, 0) is 6.42 Å². The first-order chi connectivity index (χ1) is 9.29. The highest BCUT2D eigenvalue weighted by molar-refractivity contribution is 5.12. The molecule has 0 fully saturated rings. The maximum atomic E-state index is 9.05. The lowest BCUT2D eigenvalue weighted by Gasteiger charge is -1.96. The van der Waals surface area contributed by atoms with E-state index in [0.29, 0.717) is 6.42 Å². The SMILES string of the molecule is C[C@H](O)C/C=C/C=C/C=C/CCCc1cccnc1. The molecule has 0 aliphatic carbocycles. The lowest BCUT2D eigenvalue weighted by molar-refractivity contribution is 0.198. The van der Waals surface area contributed by atoms with Gasteiger partial charge in [-0.25, -0.2) is 0 Å². The van der Waals surface area contributed by atoms with E-state index in [1.165, 1.54) is 5.56 Å². The minimum atomic E-state index is -0.257. The van der Waals surface area contributed by atoms with E-state index in [1.807, 2.05) is 36.6 Å². The Labute approximate surface area is 116 Å². The number of rotatable bonds is 8. The molecule has 0 aromatic carbocycles. The maximum Gasteiger partial charge on any atom is 0.0546 e. The second-order valence-corrected chi connectivity index (χ2v) is 4.58. The molecule has 2 nitrogen and oxygen atoms in total. The van der Waals surface area contributed by atoms with Gasteiger partial charge in [0.2, 0.25) is 0 Å². The standard InChI is InChI=1S/C17H23NO/c1-16(19)11-8-6-4-2-3-5-7-9-12-17-13-10-14-18-15-17/h2-6,8,10,13-16,19H,7,9,11-12H2,1H3/b4-2+,5-3+,8-6+/t16-/m0/s1. The lowest BCUT2D eigenvalue weighted by Crippen LogP contribution is -1.94. The molecule has 0 spiro atoms. The van der Waals surface area contributed by atoms with Crippen molar-refractivity contribution in [3.63, 3.8) is 0 Å². The van der Waals surface area contributed by atoms with E-state index in [-0.39, 0.29) is 6.10 Å². The summed E-state index contributed by atoms with van der Waals surface area (Å²) >= 11 is 0. The van der Waals surface area contributed by atoms with Crippen molar-refractivity contribution in [2.45, 2.75) is 38.7 Å². The van der Waals surface area contributed by atoms with Gasteiger partial charge in [0.1, 0.15) is 0 Å². The second-order valence-electron chi connectivity index (χ2n) is 4.58. The van der Waals surface area contributed by atoms with Gasteiger partial charge < -0.3 is 5.11 Å². The van der Waals surface area contributed by atoms with Gasteiger partial charge >= 0.3 is 0 Å². The first kappa shape index (κ1) is 15.4. The van der Waals surface area contributed by atoms with Gasteiger partial charge in [-0.15, -0.1) is 0 Å². The van der Waals surface area contributed by atoms with Crippen LogP contribution in [0.3, 0.4) is 0 Å². The third-order valence-electron chi connectivity index (χ3n) is 2.64. The monoisotopic (exact) mass is 257 g/mol. The minimum absolute atomic E-state index is 0.257. The summed E-state index contributed by atoms with van der Waals surface area (Å²) in [7, 11) is 0. The highest BCUT2D eigenvalue weighted by Gasteiger charge is 1.90. The average molecular weight is 257 g/mol. The Balaban J connectivity index is 2.07. The molecule has 0 aliphatic rings. The molecule has 0 amide bonds. The van der Waals surface area contributed by atoms with E-state index in [0.717, 1.165) is 19.3 Å². The number of aromatic nitrogens is 1. The van der Waals surface area contributed by atoms with Crippen LogP contribution >= 0.6 is 0 Å². The minimum Gasteiger partial charge on any atom is -0.393 e. The Hall–Kier alpha value is -1.67. The van der Waals surface area contributed by atoms with Crippen molar-refractivity contribution in [1.29, 1.82) is 0 Å². The number of aliphatic hydroxyl groups is 1. The van der Waals surface area contributed by atoms with E-state index in [2.05, 4.69) is 23.2 Å². The van der Waals surface area contributed by atoms with Crippen LogP contribution in [0, 0.1) is 0 Å². The van der Waals surface area contributed by atoms with Crippen molar-refractivity contribution >= 4 is 0 Å². The van der Waals surface area contributed by atoms with Gasteiger partial charge in [-0.1, -0.05) is 42.5 Å². The number of hydrogen-bond acceptors (Lipinski definition) is 2. The summed E-state index contributed by atoms with van der Waals surface area (Å²) in [4.78, 5) is 4.10. The fourth-order valence-corrected chi connectivity index (χ4v) is 1.63. The molecule has 0 bridgehead atoms. The number of aryl methyl sites for hydroxylation is 1. The summed E-state index contributed by atoms with van der Waals surface area (Å²) in [6.07, 6.45) is 19.7. The fourth-order valence-electron chi connectivity index (χ4n) is 1.63. The molecule has 0 radical (unpaired) electrons. The topological polar surface area (TPSA) is 33.1 Å². The fraction of sp³-hybridized carbons (Fsp3) is 0.353. The zero-order chi connectivity index (χ0) is 13.8. The van der Waals surface area contributed by atoms with Crippen LogP contribution in [0.1, 0.15) is 31.7 Å². The molecule has 0 aliphatic heterocycles. The first-order valence-electron chi connectivity index (χ1n) is 6.84. The summed E-state index contributed by atoms with van der Waals surface area (Å²) in [5, 5.41) is 9.05. The summed E-state index contributed by atoms with van der Waals surface area (Å²) in [6.45, 7) is 1.79. The van der Waals surface area contributed by atoms with E-state index < -0.39 is 0 Å². The van der Waals surface area contributed by atoms with E-state index in [4.69, 9.17) is 5.11 Å². The smallest absolute Gasteiger partial charge is 0.0546 e.